The number of benzene rings is 2. The Morgan fingerprint density at radius 1 is 1.04 bits per heavy atom. The van der Waals surface area contributed by atoms with E-state index in [0.29, 0.717) is 54.5 Å². The molecule has 262 valence electrons. The van der Waals surface area contributed by atoms with E-state index in [4.69, 9.17) is 4.74 Å². The SMILES string of the molecule is CCn1cc(C(=O)O)c(=O)c2cc(F)c(N3CCN(C(=O)OCc4ccc(NC(=O)[C@H](C)c5nnc6n5C(=O)C[C@H]6C(C)C)cc4)CC3)cc21. The summed E-state index contributed by atoms with van der Waals surface area (Å²) < 4.78 is 23.8. The maximum absolute atomic E-state index is 15.2. The van der Waals surface area contributed by atoms with Gasteiger partial charge in [0.1, 0.15) is 23.8 Å². The van der Waals surface area contributed by atoms with Crippen LogP contribution in [0.1, 0.15) is 78.3 Å². The summed E-state index contributed by atoms with van der Waals surface area (Å²) in [4.78, 5) is 66.1. The molecule has 1 fully saturated rings. The fourth-order valence-electron chi connectivity index (χ4n) is 6.46. The van der Waals surface area contributed by atoms with Crippen molar-refractivity contribution in [1.29, 1.82) is 0 Å². The third-order valence-corrected chi connectivity index (χ3v) is 9.46. The number of nitrogens with zero attached hydrogens (tertiary/aromatic N) is 6. The van der Waals surface area contributed by atoms with Crippen LogP contribution in [0.4, 0.5) is 20.6 Å². The van der Waals surface area contributed by atoms with Crippen LogP contribution >= 0.6 is 0 Å². The molecular formula is C35H38FN7O7. The topological polar surface area (TPSA) is 169 Å². The molecule has 2 aromatic heterocycles. The van der Waals surface area contributed by atoms with Crippen LogP contribution in [0.5, 0.6) is 0 Å². The molecule has 2 aromatic carbocycles. The number of carbonyl (C=O) groups is 4. The van der Waals surface area contributed by atoms with E-state index >= 15 is 4.39 Å². The van der Waals surface area contributed by atoms with Crippen molar-refractivity contribution >= 4 is 46.2 Å². The monoisotopic (exact) mass is 687 g/mol. The number of carboxylic acid groups (broad SMARTS) is 1. The molecule has 0 saturated carbocycles. The number of aromatic nitrogens is 4. The summed E-state index contributed by atoms with van der Waals surface area (Å²) in [5.74, 6) is -2.06. The summed E-state index contributed by atoms with van der Waals surface area (Å²) in [5.41, 5.74) is 0.756. The number of carbonyl (C=O) groups excluding carboxylic acids is 3. The predicted molar refractivity (Wildman–Crippen MR) is 181 cm³/mol. The van der Waals surface area contributed by atoms with Crippen LogP contribution in [0.15, 0.2) is 47.4 Å². The predicted octanol–water partition coefficient (Wildman–Crippen LogP) is 4.43. The maximum Gasteiger partial charge on any atom is 0.410 e. The first-order valence-corrected chi connectivity index (χ1v) is 16.5. The zero-order valence-corrected chi connectivity index (χ0v) is 28.2. The van der Waals surface area contributed by atoms with Gasteiger partial charge in [0, 0.05) is 62.3 Å². The van der Waals surface area contributed by atoms with Crippen molar-refractivity contribution in [3.05, 3.63) is 81.4 Å². The lowest BCUT2D eigenvalue weighted by Crippen LogP contribution is -2.49. The number of aryl methyl sites for hydroxylation is 1. The van der Waals surface area contributed by atoms with E-state index in [1.165, 1.54) is 15.7 Å². The molecule has 4 aromatic rings. The van der Waals surface area contributed by atoms with Crippen LogP contribution in [0.2, 0.25) is 0 Å². The summed E-state index contributed by atoms with van der Waals surface area (Å²) in [7, 11) is 0. The van der Waals surface area contributed by atoms with Gasteiger partial charge in [0.25, 0.3) is 0 Å². The summed E-state index contributed by atoms with van der Waals surface area (Å²) in [6, 6.07) is 9.48. The van der Waals surface area contributed by atoms with Crippen molar-refractivity contribution in [1.82, 2.24) is 24.2 Å². The zero-order chi connectivity index (χ0) is 35.9. The molecule has 6 rings (SSSR count). The van der Waals surface area contributed by atoms with E-state index in [0.717, 1.165) is 6.07 Å². The van der Waals surface area contributed by atoms with Crippen molar-refractivity contribution in [3.8, 4) is 0 Å². The molecule has 1 saturated heterocycles. The highest BCUT2D eigenvalue weighted by atomic mass is 19.1. The smallest absolute Gasteiger partial charge is 0.410 e. The van der Waals surface area contributed by atoms with E-state index in [1.807, 2.05) is 13.8 Å². The number of piperazine rings is 1. The number of hydrogen-bond donors (Lipinski definition) is 2. The van der Waals surface area contributed by atoms with Crippen LogP contribution in [0.3, 0.4) is 0 Å². The number of aromatic carboxylic acids is 1. The summed E-state index contributed by atoms with van der Waals surface area (Å²) in [6.07, 6.45) is 1.09. The first-order valence-electron chi connectivity index (χ1n) is 16.5. The number of carboxylic acids is 1. The normalized spacial score (nSPS) is 16.5. The standard InChI is InChI=1S/C35H38FN7O7/c1-5-40-17-25(34(47)48)30(45)24-14-26(36)28(16-27(24)40)41-10-12-42(13-11-41)35(49)50-18-21-6-8-22(9-7-21)37-33(46)20(4)31-38-39-32-23(19(2)3)15-29(44)43(31)32/h6-9,14,16-17,19-20,23H,5,10-13,15,18H2,1-4H3,(H,37,46)(H,47,48)/t20-,23+/m1/s1. The molecular weight excluding hydrogens is 649 g/mol. The van der Waals surface area contributed by atoms with Crippen molar-refractivity contribution < 1.29 is 33.4 Å². The van der Waals surface area contributed by atoms with E-state index in [-0.39, 0.29) is 54.4 Å². The lowest BCUT2D eigenvalue weighted by Gasteiger charge is -2.35. The number of ether oxygens (including phenoxy) is 1. The second-order valence-corrected chi connectivity index (χ2v) is 12.9. The lowest BCUT2D eigenvalue weighted by molar-refractivity contribution is -0.117. The lowest BCUT2D eigenvalue weighted by atomic mass is 9.94. The summed E-state index contributed by atoms with van der Waals surface area (Å²) >= 11 is 0. The Morgan fingerprint density at radius 2 is 1.74 bits per heavy atom. The number of nitrogens with one attached hydrogen (secondary N) is 1. The van der Waals surface area contributed by atoms with E-state index in [2.05, 4.69) is 15.5 Å². The molecule has 14 nitrogen and oxygen atoms in total. The number of hydrogen-bond acceptors (Lipinski definition) is 9. The van der Waals surface area contributed by atoms with Crippen molar-refractivity contribution in [2.24, 2.45) is 5.92 Å². The van der Waals surface area contributed by atoms with Gasteiger partial charge in [0.05, 0.1) is 17.1 Å². The minimum Gasteiger partial charge on any atom is -0.477 e. The molecule has 2 aliphatic rings. The third-order valence-electron chi connectivity index (χ3n) is 9.46. The summed E-state index contributed by atoms with van der Waals surface area (Å²) in [6.45, 7) is 9.10. The molecule has 0 bridgehead atoms. The average Bonchev–Trinajstić information content (AvgIpc) is 3.68. The molecule has 0 radical (unpaired) electrons. The molecule has 0 aliphatic carbocycles. The van der Waals surface area contributed by atoms with Crippen molar-refractivity contribution in [2.75, 3.05) is 36.4 Å². The highest BCUT2D eigenvalue weighted by Gasteiger charge is 2.38. The third kappa shape index (κ3) is 6.42. The number of halogens is 1. The van der Waals surface area contributed by atoms with Gasteiger partial charge in [-0.2, -0.15) is 0 Å². The largest absolute Gasteiger partial charge is 0.477 e. The van der Waals surface area contributed by atoms with Gasteiger partial charge in [-0.3, -0.25) is 19.0 Å². The summed E-state index contributed by atoms with van der Waals surface area (Å²) in [5, 5.41) is 20.6. The Labute approximate surface area is 286 Å². The number of rotatable bonds is 9. The fraction of sp³-hybridized carbons (Fsp3) is 0.400. The van der Waals surface area contributed by atoms with Gasteiger partial charge in [-0.25, -0.2) is 14.0 Å². The number of amides is 2. The van der Waals surface area contributed by atoms with Gasteiger partial charge in [0.2, 0.25) is 17.2 Å². The Morgan fingerprint density at radius 3 is 2.38 bits per heavy atom. The van der Waals surface area contributed by atoms with Crippen LogP contribution < -0.4 is 15.6 Å². The van der Waals surface area contributed by atoms with E-state index in [9.17, 15) is 29.1 Å². The van der Waals surface area contributed by atoms with Crippen LogP contribution in [-0.2, 0) is 22.7 Å². The molecule has 0 spiro atoms. The van der Waals surface area contributed by atoms with Crippen molar-refractivity contribution in [3.63, 3.8) is 0 Å². The fourth-order valence-corrected chi connectivity index (χ4v) is 6.46. The van der Waals surface area contributed by atoms with Crippen molar-refractivity contribution in [2.45, 2.75) is 59.1 Å². The van der Waals surface area contributed by atoms with Crippen LogP contribution in [0, 0.1) is 11.7 Å². The van der Waals surface area contributed by atoms with Crippen LogP contribution in [-0.4, -0.2) is 79.4 Å². The average molecular weight is 688 g/mol. The molecule has 0 unspecified atom stereocenters. The van der Waals surface area contributed by atoms with E-state index < -0.39 is 34.8 Å². The quantitative estimate of drug-likeness (QED) is 0.257. The van der Waals surface area contributed by atoms with Gasteiger partial charge >= 0.3 is 12.1 Å². The molecule has 50 heavy (non-hydrogen) atoms. The Balaban J connectivity index is 1.02. The van der Waals surface area contributed by atoms with E-state index in [1.54, 1.807) is 53.6 Å². The highest BCUT2D eigenvalue weighted by molar-refractivity contribution is 5.96. The number of pyridine rings is 1. The molecule has 15 heteroatoms. The van der Waals surface area contributed by atoms with Gasteiger partial charge in [0.15, 0.2) is 5.82 Å². The minimum absolute atomic E-state index is 0.000861. The highest BCUT2D eigenvalue weighted by Crippen LogP contribution is 2.35. The molecule has 2 aliphatic heterocycles. The molecule has 2 amide bonds. The second-order valence-electron chi connectivity index (χ2n) is 12.9. The molecule has 4 heterocycles. The van der Waals surface area contributed by atoms with Gasteiger partial charge in [-0.1, -0.05) is 26.0 Å². The first-order chi connectivity index (χ1) is 23.9. The molecule has 2 atom stereocenters. The molecule has 2 N–H and O–H groups in total. The van der Waals surface area contributed by atoms with Crippen LogP contribution in [0.25, 0.3) is 10.9 Å². The first kappa shape index (κ1) is 34.3. The zero-order valence-electron chi connectivity index (χ0n) is 28.2. The van der Waals surface area contributed by atoms with Gasteiger partial charge < -0.3 is 29.5 Å². The Kier molecular flexibility index (Phi) is 9.41. The van der Waals surface area contributed by atoms with Gasteiger partial charge in [-0.05, 0) is 49.6 Å². The van der Waals surface area contributed by atoms with Gasteiger partial charge in [-0.15, -0.1) is 10.2 Å². The Hall–Kier alpha value is -5.60. The maximum atomic E-state index is 15.2. The number of fused-ring (bicyclic) bond motifs is 2. The Bertz CT molecular complexity index is 2050. The second kappa shape index (κ2) is 13.7. The number of anilines is 2. The minimum atomic E-state index is -1.37.